The normalized spacial score (nSPS) is 16.3. The Balaban J connectivity index is 2.03. The van der Waals surface area contributed by atoms with E-state index in [-0.39, 0.29) is 5.91 Å². The standard InChI is InChI=1S/C26H35N3O2/c1-4-10-20-11-9-13-24-25(20)22(12-7-8-16-27-17-18-31-24)21-14-15-23(28-19-21)26(30)29(5-2)6-3/h9,11-15,19,27H,4-8,10,16-18H2,1-3H3/b22-12-. The first-order chi connectivity index (χ1) is 15.2. The molecule has 1 aliphatic rings. The number of benzene rings is 1. The first kappa shape index (κ1) is 23.0. The van der Waals surface area contributed by atoms with Crippen molar-refractivity contribution in [2.75, 3.05) is 32.8 Å². The lowest BCUT2D eigenvalue weighted by molar-refractivity contribution is 0.0767. The first-order valence-electron chi connectivity index (χ1n) is 11.6. The molecule has 166 valence electrons. The molecule has 1 aliphatic heterocycles. The number of pyridine rings is 1. The van der Waals surface area contributed by atoms with Crippen LogP contribution >= 0.6 is 0 Å². The average Bonchev–Trinajstić information content (AvgIpc) is 2.84. The highest BCUT2D eigenvalue weighted by Crippen LogP contribution is 2.35. The molecular weight excluding hydrogens is 386 g/mol. The van der Waals surface area contributed by atoms with Gasteiger partial charge in [0, 0.05) is 37.0 Å². The van der Waals surface area contributed by atoms with Gasteiger partial charge in [-0.05, 0) is 62.9 Å². The Hall–Kier alpha value is -2.66. The minimum absolute atomic E-state index is 0.0190. The molecule has 0 saturated carbocycles. The van der Waals surface area contributed by atoms with E-state index in [0.717, 1.165) is 61.2 Å². The third-order valence-electron chi connectivity index (χ3n) is 5.69. The molecule has 0 radical (unpaired) electrons. The maximum absolute atomic E-state index is 12.7. The number of nitrogens with zero attached hydrogens (tertiary/aromatic N) is 2. The zero-order valence-corrected chi connectivity index (χ0v) is 19.1. The van der Waals surface area contributed by atoms with E-state index < -0.39 is 0 Å². The SMILES string of the molecule is CCCc1cccc2c1/C(c1ccc(C(=O)N(CC)CC)nc1)=C\CCCNCCO2. The van der Waals surface area contributed by atoms with Crippen LogP contribution in [0.5, 0.6) is 5.75 Å². The van der Waals surface area contributed by atoms with Crippen LogP contribution in [0, 0.1) is 0 Å². The molecule has 5 nitrogen and oxygen atoms in total. The van der Waals surface area contributed by atoms with Gasteiger partial charge in [-0.15, -0.1) is 0 Å². The van der Waals surface area contributed by atoms with E-state index in [0.29, 0.717) is 25.4 Å². The molecule has 1 aromatic carbocycles. The summed E-state index contributed by atoms with van der Waals surface area (Å²) in [5.74, 6) is 0.902. The molecule has 1 aromatic heterocycles. The van der Waals surface area contributed by atoms with E-state index in [9.17, 15) is 4.79 Å². The van der Waals surface area contributed by atoms with Crippen molar-refractivity contribution in [2.45, 2.75) is 46.5 Å². The molecule has 0 atom stereocenters. The molecule has 1 N–H and O–H groups in total. The van der Waals surface area contributed by atoms with Gasteiger partial charge in [0.05, 0.1) is 0 Å². The van der Waals surface area contributed by atoms with Gasteiger partial charge in [0.25, 0.3) is 5.91 Å². The van der Waals surface area contributed by atoms with Gasteiger partial charge >= 0.3 is 0 Å². The Morgan fingerprint density at radius 2 is 1.97 bits per heavy atom. The van der Waals surface area contributed by atoms with Crippen molar-refractivity contribution in [2.24, 2.45) is 0 Å². The lowest BCUT2D eigenvalue weighted by Gasteiger charge is -2.20. The minimum Gasteiger partial charge on any atom is -0.492 e. The molecular formula is C26H35N3O2. The van der Waals surface area contributed by atoms with E-state index in [2.05, 4.69) is 41.5 Å². The van der Waals surface area contributed by atoms with E-state index in [1.54, 1.807) is 4.90 Å². The quantitative estimate of drug-likeness (QED) is 0.734. The van der Waals surface area contributed by atoms with Crippen LogP contribution in [-0.2, 0) is 6.42 Å². The molecule has 3 rings (SSSR count). The maximum atomic E-state index is 12.7. The number of rotatable bonds is 6. The summed E-state index contributed by atoms with van der Waals surface area (Å²) in [5.41, 5.74) is 5.12. The summed E-state index contributed by atoms with van der Waals surface area (Å²) in [6, 6.07) is 10.2. The largest absolute Gasteiger partial charge is 0.492 e. The fraction of sp³-hybridized carbons (Fsp3) is 0.462. The molecule has 0 bridgehead atoms. The van der Waals surface area contributed by atoms with E-state index in [1.807, 2.05) is 32.2 Å². The summed E-state index contributed by atoms with van der Waals surface area (Å²) >= 11 is 0. The first-order valence-corrected chi connectivity index (χ1v) is 11.6. The van der Waals surface area contributed by atoms with Crippen LogP contribution in [0.1, 0.15) is 67.2 Å². The van der Waals surface area contributed by atoms with Crippen LogP contribution in [0.4, 0.5) is 0 Å². The van der Waals surface area contributed by atoms with Crippen LogP contribution in [0.3, 0.4) is 0 Å². The van der Waals surface area contributed by atoms with Gasteiger partial charge in [-0.2, -0.15) is 0 Å². The predicted octanol–water partition coefficient (Wildman–Crippen LogP) is 4.71. The van der Waals surface area contributed by atoms with E-state index >= 15 is 0 Å². The number of aryl methyl sites for hydroxylation is 1. The molecule has 0 saturated heterocycles. The second-order valence-electron chi connectivity index (χ2n) is 7.81. The lowest BCUT2D eigenvalue weighted by atomic mass is 9.90. The Morgan fingerprint density at radius 3 is 2.68 bits per heavy atom. The van der Waals surface area contributed by atoms with Crippen LogP contribution in [0.15, 0.2) is 42.6 Å². The summed E-state index contributed by atoms with van der Waals surface area (Å²) in [6.45, 7) is 10.0. The van der Waals surface area contributed by atoms with Gasteiger partial charge in [0.2, 0.25) is 0 Å². The molecule has 1 amide bonds. The fourth-order valence-electron chi connectivity index (χ4n) is 4.03. The number of amides is 1. The topological polar surface area (TPSA) is 54.5 Å². The zero-order valence-electron chi connectivity index (χ0n) is 19.1. The van der Waals surface area contributed by atoms with Crippen molar-refractivity contribution in [1.82, 2.24) is 15.2 Å². The molecule has 0 fully saturated rings. The second kappa shape index (κ2) is 11.7. The highest BCUT2D eigenvalue weighted by Gasteiger charge is 2.18. The van der Waals surface area contributed by atoms with Crippen LogP contribution in [0.2, 0.25) is 0 Å². The number of carbonyl (C=O) groups is 1. The number of nitrogens with one attached hydrogen (secondary N) is 1. The Kier molecular flexibility index (Phi) is 8.65. The molecule has 0 unspecified atom stereocenters. The third kappa shape index (κ3) is 5.73. The zero-order chi connectivity index (χ0) is 22.1. The fourth-order valence-corrected chi connectivity index (χ4v) is 4.03. The molecule has 5 heteroatoms. The number of hydrogen-bond donors (Lipinski definition) is 1. The van der Waals surface area contributed by atoms with Crippen molar-refractivity contribution >= 4 is 11.5 Å². The van der Waals surface area contributed by atoms with Crippen molar-refractivity contribution in [1.29, 1.82) is 0 Å². The number of carbonyl (C=O) groups excluding carboxylic acids is 1. The Bertz CT molecular complexity index is 886. The van der Waals surface area contributed by atoms with Crippen LogP contribution in [-0.4, -0.2) is 48.6 Å². The summed E-state index contributed by atoms with van der Waals surface area (Å²) in [4.78, 5) is 19.0. The maximum Gasteiger partial charge on any atom is 0.272 e. The van der Waals surface area contributed by atoms with E-state index in [1.165, 1.54) is 5.56 Å². The van der Waals surface area contributed by atoms with Gasteiger partial charge < -0.3 is 15.0 Å². The van der Waals surface area contributed by atoms with Gasteiger partial charge in [0.15, 0.2) is 0 Å². The van der Waals surface area contributed by atoms with Crippen molar-refractivity contribution < 1.29 is 9.53 Å². The molecule has 2 aromatic rings. The lowest BCUT2D eigenvalue weighted by Crippen LogP contribution is -2.31. The second-order valence-corrected chi connectivity index (χ2v) is 7.81. The molecule has 31 heavy (non-hydrogen) atoms. The smallest absolute Gasteiger partial charge is 0.272 e. The van der Waals surface area contributed by atoms with Crippen LogP contribution in [0.25, 0.3) is 5.57 Å². The number of aromatic nitrogens is 1. The summed E-state index contributed by atoms with van der Waals surface area (Å²) in [7, 11) is 0. The third-order valence-corrected chi connectivity index (χ3v) is 5.69. The molecule has 0 spiro atoms. The Morgan fingerprint density at radius 1 is 1.13 bits per heavy atom. The summed E-state index contributed by atoms with van der Waals surface area (Å²) in [6.07, 6.45) is 8.25. The Labute approximate surface area is 186 Å². The minimum atomic E-state index is -0.0190. The number of hydrogen-bond acceptors (Lipinski definition) is 4. The number of allylic oxidation sites excluding steroid dienone is 1. The molecule has 0 aliphatic carbocycles. The summed E-state index contributed by atoms with van der Waals surface area (Å²) < 4.78 is 6.20. The summed E-state index contributed by atoms with van der Waals surface area (Å²) in [5, 5.41) is 3.44. The van der Waals surface area contributed by atoms with Gasteiger partial charge in [-0.1, -0.05) is 37.6 Å². The van der Waals surface area contributed by atoms with Crippen LogP contribution < -0.4 is 10.1 Å². The average molecular weight is 422 g/mol. The highest BCUT2D eigenvalue weighted by atomic mass is 16.5. The van der Waals surface area contributed by atoms with Gasteiger partial charge in [-0.25, -0.2) is 0 Å². The van der Waals surface area contributed by atoms with Crippen molar-refractivity contribution in [3.8, 4) is 5.75 Å². The monoisotopic (exact) mass is 421 g/mol. The molecule has 2 heterocycles. The van der Waals surface area contributed by atoms with Crippen molar-refractivity contribution in [3.63, 3.8) is 0 Å². The number of fused-ring (bicyclic) bond motifs is 1. The highest BCUT2D eigenvalue weighted by molar-refractivity contribution is 5.93. The predicted molar refractivity (Wildman–Crippen MR) is 127 cm³/mol. The van der Waals surface area contributed by atoms with Gasteiger partial charge in [-0.3, -0.25) is 9.78 Å². The van der Waals surface area contributed by atoms with E-state index in [4.69, 9.17) is 4.74 Å². The number of ether oxygens (including phenoxy) is 1. The van der Waals surface area contributed by atoms with Crippen molar-refractivity contribution in [3.05, 3.63) is 65.0 Å². The van der Waals surface area contributed by atoms with Gasteiger partial charge in [0.1, 0.15) is 18.1 Å².